The Hall–Kier alpha value is -2.70. The van der Waals surface area contributed by atoms with E-state index in [-0.39, 0.29) is 23.2 Å². The highest BCUT2D eigenvalue weighted by molar-refractivity contribution is 7.90. The highest BCUT2D eigenvalue weighted by Crippen LogP contribution is 2.29. The van der Waals surface area contributed by atoms with Crippen LogP contribution in [0, 0.1) is 27.8 Å². The zero-order valence-electron chi connectivity index (χ0n) is 15.9. The van der Waals surface area contributed by atoms with Gasteiger partial charge in [0, 0.05) is 30.5 Å². The van der Waals surface area contributed by atoms with Crippen LogP contribution >= 0.6 is 0 Å². The van der Waals surface area contributed by atoms with Gasteiger partial charge in [-0.3, -0.25) is 4.79 Å². The molecule has 0 saturated heterocycles. The number of anilines is 1. The van der Waals surface area contributed by atoms with Crippen LogP contribution in [-0.2, 0) is 23.4 Å². The van der Waals surface area contributed by atoms with Gasteiger partial charge in [0.25, 0.3) is 5.91 Å². The Morgan fingerprint density at radius 2 is 2.21 bits per heavy atom. The Morgan fingerprint density at radius 3 is 2.86 bits per heavy atom. The van der Waals surface area contributed by atoms with E-state index in [2.05, 4.69) is 10.0 Å². The van der Waals surface area contributed by atoms with Gasteiger partial charge in [0.1, 0.15) is 27.5 Å². The number of nitrogens with one attached hydrogen (secondary N) is 3. The first-order chi connectivity index (χ1) is 13.1. The lowest BCUT2D eigenvalue weighted by molar-refractivity contribution is 0.101. The van der Waals surface area contributed by atoms with Crippen LogP contribution in [0.2, 0.25) is 0 Å². The van der Waals surface area contributed by atoms with Crippen molar-refractivity contribution < 1.29 is 13.4 Å². The third-order valence-electron chi connectivity index (χ3n) is 4.94. The highest BCUT2D eigenvalue weighted by atomic mass is 32.2. The van der Waals surface area contributed by atoms with E-state index < -0.39 is 21.6 Å². The average Bonchev–Trinajstić information content (AvgIpc) is 2.90. The summed E-state index contributed by atoms with van der Waals surface area (Å²) in [5, 5.41) is 11.6. The molecule has 0 aliphatic carbocycles. The molecule has 2 unspecified atom stereocenters. The number of nitrogens with zero attached hydrogens (tertiary/aromatic N) is 2. The molecule has 0 fully saturated rings. The summed E-state index contributed by atoms with van der Waals surface area (Å²) in [5.41, 5.74) is 1.01. The second-order valence-corrected chi connectivity index (χ2v) is 9.04. The Morgan fingerprint density at radius 1 is 1.50 bits per heavy atom. The monoisotopic (exact) mass is 403 g/mol. The van der Waals surface area contributed by atoms with E-state index in [1.807, 2.05) is 13.8 Å². The van der Waals surface area contributed by atoms with Crippen molar-refractivity contribution in [2.45, 2.75) is 37.6 Å². The number of hydrogen-bond acceptors (Lipinski definition) is 4. The standard InChI is InChI=1S/C19H22FN5O2S/c1-11(2)16-7-5-14-17(28(22,27)24-16)10-25(3)18(14)19(26)23-13-4-6-15(20)12(8-13)9-21/h4,6,8,10-11,16H,5,7H2,1-3H3,(H,23,26)(H2,22,24,27). The van der Waals surface area contributed by atoms with Crippen molar-refractivity contribution in [2.24, 2.45) is 13.0 Å². The van der Waals surface area contributed by atoms with E-state index in [4.69, 9.17) is 10.0 Å². The summed E-state index contributed by atoms with van der Waals surface area (Å²) in [5.74, 6) is -0.921. The first-order valence-electron chi connectivity index (χ1n) is 8.89. The Kier molecular flexibility index (Phi) is 5.28. The molecule has 1 amide bonds. The maximum Gasteiger partial charge on any atom is 0.272 e. The highest BCUT2D eigenvalue weighted by Gasteiger charge is 2.31. The average molecular weight is 403 g/mol. The SMILES string of the molecule is CC(C)C1CCc2c(cn(C)c2C(=O)Nc2ccc(F)c(C#N)c2)S(=N)(=O)N1. The lowest BCUT2D eigenvalue weighted by Crippen LogP contribution is -2.36. The van der Waals surface area contributed by atoms with Gasteiger partial charge in [-0.05, 0) is 37.0 Å². The molecule has 0 radical (unpaired) electrons. The van der Waals surface area contributed by atoms with Crippen molar-refractivity contribution in [1.29, 1.82) is 10.0 Å². The smallest absolute Gasteiger partial charge is 0.272 e. The molecule has 1 aromatic carbocycles. The normalized spacial score (nSPS) is 21.6. The van der Waals surface area contributed by atoms with Crippen LogP contribution in [0.5, 0.6) is 0 Å². The van der Waals surface area contributed by atoms with Gasteiger partial charge < -0.3 is 9.88 Å². The molecule has 3 rings (SSSR count). The summed E-state index contributed by atoms with van der Waals surface area (Å²) in [6, 6.07) is 5.40. The lowest BCUT2D eigenvalue weighted by atomic mass is 9.97. The number of nitriles is 1. The minimum Gasteiger partial charge on any atom is -0.345 e. The summed E-state index contributed by atoms with van der Waals surface area (Å²) < 4.78 is 39.3. The van der Waals surface area contributed by atoms with Crippen LogP contribution in [0.4, 0.5) is 10.1 Å². The van der Waals surface area contributed by atoms with Gasteiger partial charge in [0.05, 0.1) is 10.5 Å². The largest absolute Gasteiger partial charge is 0.345 e. The predicted octanol–water partition coefficient (Wildman–Crippen LogP) is 3.17. The number of benzene rings is 1. The number of hydrogen-bond donors (Lipinski definition) is 3. The fourth-order valence-electron chi connectivity index (χ4n) is 3.42. The fourth-order valence-corrected chi connectivity index (χ4v) is 5.21. The minimum absolute atomic E-state index is 0.0890. The number of fused-ring (bicyclic) bond motifs is 1. The predicted molar refractivity (Wildman–Crippen MR) is 104 cm³/mol. The summed E-state index contributed by atoms with van der Waals surface area (Å²) >= 11 is 0. The molecule has 0 bridgehead atoms. The summed E-state index contributed by atoms with van der Waals surface area (Å²) in [6.45, 7) is 4.00. The molecule has 1 aliphatic heterocycles. The maximum absolute atomic E-state index is 13.5. The van der Waals surface area contributed by atoms with Crippen molar-refractivity contribution in [3.63, 3.8) is 0 Å². The summed E-state index contributed by atoms with van der Waals surface area (Å²) in [7, 11) is -1.58. The van der Waals surface area contributed by atoms with Crippen molar-refractivity contribution >= 4 is 21.5 Å². The van der Waals surface area contributed by atoms with Crippen LogP contribution in [0.3, 0.4) is 0 Å². The molecular formula is C19H22FN5O2S. The Balaban J connectivity index is 1.98. The number of halogens is 1. The molecule has 9 heteroatoms. The first-order valence-corrected chi connectivity index (χ1v) is 10.4. The second-order valence-electron chi connectivity index (χ2n) is 7.26. The molecule has 7 nitrogen and oxygen atoms in total. The van der Waals surface area contributed by atoms with Gasteiger partial charge in [-0.1, -0.05) is 13.8 Å². The van der Waals surface area contributed by atoms with Crippen molar-refractivity contribution in [2.75, 3.05) is 5.32 Å². The molecule has 0 spiro atoms. The van der Waals surface area contributed by atoms with E-state index in [9.17, 15) is 13.4 Å². The first kappa shape index (κ1) is 20.0. The molecule has 2 atom stereocenters. The van der Waals surface area contributed by atoms with E-state index in [1.165, 1.54) is 12.1 Å². The summed E-state index contributed by atoms with van der Waals surface area (Å²) in [4.78, 5) is 13.2. The quantitative estimate of drug-likeness (QED) is 0.732. The zero-order valence-corrected chi connectivity index (χ0v) is 16.7. The van der Waals surface area contributed by atoms with E-state index in [0.29, 0.717) is 29.0 Å². The second kappa shape index (κ2) is 7.37. The van der Waals surface area contributed by atoms with Crippen LogP contribution in [0.1, 0.15) is 41.9 Å². The number of rotatable bonds is 3. The topological polar surface area (TPSA) is 111 Å². The van der Waals surface area contributed by atoms with Gasteiger partial charge in [-0.15, -0.1) is 0 Å². The van der Waals surface area contributed by atoms with Crippen LogP contribution < -0.4 is 10.0 Å². The number of amides is 1. The summed E-state index contributed by atoms with van der Waals surface area (Å²) in [6.07, 6.45) is 2.72. The third-order valence-corrected chi connectivity index (χ3v) is 6.55. The van der Waals surface area contributed by atoms with Gasteiger partial charge >= 0.3 is 0 Å². The third kappa shape index (κ3) is 3.66. The van der Waals surface area contributed by atoms with Crippen molar-refractivity contribution in [1.82, 2.24) is 9.29 Å². The lowest BCUT2D eigenvalue weighted by Gasteiger charge is -2.20. The van der Waals surface area contributed by atoms with Gasteiger partial charge in [-0.2, -0.15) is 5.26 Å². The fraction of sp³-hybridized carbons (Fsp3) is 0.368. The zero-order chi connectivity index (χ0) is 20.6. The van der Waals surface area contributed by atoms with Crippen molar-refractivity contribution in [3.05, 3.63) is 47.0 Å². The molecule has 0 saturated carbocycles. The van der Waals surface area contributed by atoms with E-state index in [1.54, 1.807) is 23.9 Å². The number of carbonyl (C=O) groups excluding carboxylic acids is 1. The number of aromatic nitrogens is 1. The van der Waals surface area contributed by atoms with Gasteiger partial charge in [0.15, 0.2) is 0 Å². The van der Waals surface area contributed by atoms with Crippen molar-refractivity contribution in [3.8, 4) is 6.07 Å². The maximum atomic E-state index is 13.5. The number of carbonyl (C=O) groups is 1. The molecular weight excluding hydrogens is 381 g/mol. The molecule has 2 heterocycles. The Bertz CT molecular complexity index is 1080. The van der Waals surface area contributed by atoms with E-state index in [0.717, 1.165) is 6.07 Å². The number of aryl methyl sites for hydroxylation is 1. The molecule has 1 aliphatic rings. The van der Waals surface area contributed by atoms with E-state index >= 15 is 0 Å². The molecule has 148 valence electrons. The van der Waals surface area contributed by atoms with Crippen LogP contribution in [-0.4, -0.2) is 20.7 Å². The molecule has 28 heavy (non-hydrogen) atoms. The molecule has 2 aromatic rings. The van der Waals surface area contributed by atoms with Gasteiger partial charge in [-0.25, -0.2) is 18.1 Å². The van der Waals surface area contributed by atoms with Crippen LogP contribution in [0.15, 0.2) is 29.3 Å². The Labute approximate surface area is 163 Å². The minimum atomic E-state index is -3.24. The molecule has 1 aromatic heterocycles. The van der Waals surface area contributed by atoms with Crippen LogP contribution in [0.25, 0.3) is 0 Å². The molecule has 3 N–H and O–H groups in total. The van der Waals surface area contributed by atoms with Gasteiger partial charge in [0.2, 0.25) is 0 Å².